The predicted octanol–water partition coefficient (Wildman–Crippen LogP) is 3.41. The molecule has 2 N–H and O–H groups in total. The molecule has 1 saturated heterocycles. The zero-order chi connectivity index (χ0) is 22.3. The summed E-state index contributed by atoms with van der Waals surface area (Å²) in [5.41, 5.74) is 3.82. The molecular weight excluding hydrogens is 435 g/mol. The monoisotopic (exact) mass is 461 g/mol. The van der Waals surface area contributed by atoms with Crippen molar-refractivity contribution in [1.82, 2.24) is 15.1 Å². The zero-order valence-electron chi connectivity index (χ0n) is 16.9. The molecule has 2 aromatic heterocycles. The molecule has 0 radical (unpaired) electrons. The summed E-state index contributed by atoms with van der Waals surface area (Å²) < 4.78 is 45.3. The molecule has 172 valence electrons. The number of halogens is 3. The van der Waals surface area contributed by atoms with Crippen molar-refractivity contribution in [2.24, 2.45) is 5.92 Å². The number of fused-ring (bicyclic) bond motifs is 1. The Bertz CT molecular complexity index is 820. The highest BCUT2D eigenvalue weighted by atomic mass is 32.1. The predicted molar refractivity (Wildman–Crippen MR) is 108 cm³/mol. The first-order valence-electron chi connectivity index (χ1n) is 10.1. The van der Waals surface area contributed by atoms with E-state index in [1.165, 1.54) is 11.1 Å². The molecule has 7 nitrogen and oxygen atoms in total. The molecule has 0 saturated carbocycles. The molecule has 0 bridgehead atoms. The van der Waals surface area contributed by atoms with Crippen molar-refractivity contribution >= 4 is 17.3 Å². The zero-order valence-corrected chi connectivity index (χ0v) is 17.8. The second-order valence-corrected chi connectivity index (χ2v) is 8.27. The van der Waals surface area contributed by atoms with Crippen LogP contribution in [0.4, 0.5) is 13.2 Å². The van der Waals surface area contributed by atoms with Crippen LogP contribution < -0.4 is 5.32 Å². The number of rotatable bonds is 6. The van der Waals surface area contributed by atoms with Crippen molar-refractivity contribution in [1.29, 1.82) is 0 Å². The highest BCUT2D eigenvalue weighted by Crippen LogP contribution is 2.26. The molecular formula is C20H26F3N3O4S. The first kappa shape index (κ1) is 23.7. The smallest absolute Gasteiger partial charge is 0.475 e. The van der Waals surface area contributed by atoms with E-state index in [0.717, 1.165) is 64.4 Å². The van der Waals surface area contributed by atoms with Crippen molar-refractivity contribution in [2.45, 2.75) is 44.6 Å². The molecule has 2 aromatic rings. The lowest BCUT2D eigenvalue weighted by atomic mass is 10.0. The molecule has 31 heavy (non-hydrogen) atoms. The van der Waals surface area contributed by atoms with E-state index in [1.54, 1.807) is 11.3 Å². The van der Waals surface area contributed by atoms with Crippen molar-refractivity contribution in [3.8, 4) is 0 Å². The van der Waals surface area contributed by atoms with Gasteiger partial charge in [0.25, 0.3) is 0 Å². The second-order valence-electron chi connectivity index (χ2n) is 7.49. The maximum absolute atomic E-state index is 10.6. The quantitative estimate of drug-likeness (QED) is 0.686. The molecule has 4 heterocycles. The number of hydrogen-bond acceptors (Lipinski definition) is 6. The molecule has 0 aliphatic carbocycles. The van der Waals surface area contributed by atoms with Gasteiger partial charge in [0, 0.05) is 39.0 Å². The van der Waals surface area contributed by atoms with Gasteiger partial charge in [-0.15, -0.1) is 0 Å². The number of nitrogens with zero attached hydrogens (tertiary/aromatic N) is 2. The summed E-state index contributed by atoms with van der Waals surface area (Å²) in [7, 11) is 0. The summed E-state index contributed by atoms with van der Waals surface area (Å²) in [6.45, 7) is 5.29. The Morgan fingerprint density at radius 1 is 1.32 bits per heavy atom. The number of hydrogen-bond donors (Lipinski definition) is 2. The number of thiophene rings is 1. The van der Waals surface area contributed by atoms with E-state index in [2.05, 4.69) is 33.0 Å². The van der Waals surface area contributed by atoms with Gasteiger partial charge in [0.15, 0.2) is 0 Å². The van der Waals surface area contributed by atoms with Crippen LogP contribution in [0, 0.1) is 5.92 Å². The van der Waals surface area contributed by atoms with Crippen LogP contribution in [-0.2, 0) is 33.8 Å². The fourth-order valence-electron chi connectivity index (χ4n) is 3.51. The average molecular weight is 462 g/mol. The summed E-state index contributed by atoms with van der Waals surface area (Å²) in [5, 5.41) is 19.8. The minimum Gasteiger partial charge on any atom is -0.475 e. The van der Waals surface area contributed by atoms with Gasteiger partial charge in [-0.05, 0) is 53.1 Å². The van der Waals surface area contributed by atoms with E-state index in [0.29, 0.717) is 5.92 Å². The SMILES string of the molecule is O=C(O)C(F)(F)F.c1cc(CNCC2OCCc3cn(CC4CCOCC4)nc32)cs1. The average Bonchev–Trinajstić information content (AvgIpc) is 3.38. The van der Waals surface area contributed by atoms with Crippen LogP contribution >= 0.6 is 11.3 Å². The molecule has 0 spiro atoms. The largest absolute Gasteiger partial charge is 0.490 e. The van der Waals surface area contributed by atoms with E-state index in [-0.39, 0.29) is 6.10 Å². The molecule has 2 aliphatic heterocycles. The Kier molecular flexibility index (Phi) is 8.47. The van der Waals surface area contributed by atoms with Crippen LogP contribution in [0.3, 0.4) is 0 Å². The number of alkyl halides is 3. The van der Waals surface area contributed by atoms with Gasteiger partial charge in [-0.1, -0.05) is 0 Å². The third kappa shape index (κ3) is 7.30. The number of carbonyl (C=O) groups is 1. The van der Waals surface area contributed by atoms with Gasteiger partial charge in [-0.25, -0.2) is 4.79 Å². The highest BCUT2D eigenvalue weighted by Gasteiger charge is 2.38. The summed E-state index contributed by atoms with van der Waals surface area (Å²) in [5.74, 6) is -2.07. The minimum atomic E-state index is -5.08. The van der Waals surface area contributed by atoms with Crippen LogP contribution in [0.5, 0.6) is 0 Å². The number of nitrogens with one attached hydrogen (secondary N) is 1. The molecule has 1 fully saturated rings. The normalized spacial score (nSPS) is 19.4. The summed E-state index contributed by atoms with van der Waals surface area (Å²) in [6.07, 6.45) is 0.492. The maximum atomic E-state index is 10.6. The first-order chi connectivity index (χ1) is 14.8. The lowest BCUT2D eigenvalue weighted by molar-refractivity contribution is -0.192. The lowest BCUT2D eigenvalue weighted by Crippen LogP contribution is -2.27. The Morgan fingerprint density at radius 2 is 2.06 bits per heavy atom. The Labute approximate surface area is 182 Å². The van der Waals surface area contributed by atoms with E-state index in [9.17, 15) is 13.2 Å². The molecule has 4 rings (SSSR count). The Morgan fingerprint density at radius 3 is 2.71 bits per heavy atom. The maximum Gasteiger partial charge on any atom is 0.490 e. The van der Waals surface area contributed by atoms with Gasteiger partial charge in [-0.2, -0.15) is 29.6 Å². The Balaban J connectivity index is 0.000000339. The van der Waals surface area contributed by atoms with E-state index >= 15 is 0 Å². The van der Waals surface area contributed by atoms with Crippen LogP contribution in [0.15, 0.2) is 23.0 Å². The number of carboxylic acid groups (broad SMARTS) is 1. The first-order valence-corrected chi connectivity index (χ1v) is 11.0. The minimum absolute atomic E-state index is 0.0725. The third-order valence-electron chi connectivity index (χ3n) is 5.13. The van der Waals surface area contributed by atoms with E-state index in [1.807, 2.05) is 0 Å². The molecule has 1 unspecified atom stereocenters. The van der Waals surface area contributed by atoms with Crippen molar-refractivity contribution in [3.63, 3.8) is 0 Å². The van der Waals surface area contributed by atoms with Gasteiger partial charge in [0.2, 0.25) is 0 Å². The van der Waals surface area contributed by atoms with Gasteiger partial charge in [0.1, 0.15) is 6.10 Å². The number of carboxylic acids is 1. The molecule has 11 heteroatoms. The van der Waals surface area contributed by atoms with Crippen LogP contribution in [0.1, 0.15) is 35.8 Å². The molecule has 2 aliphatic rings. The lowest BCUT2D eigenvalue weighted by Gasteiger charge is -2.22. The van der Waals surface area contributed by atoms with E-state index < -0.39 is 12.1 Å². The fourth-order valence-corrected chi connectivity index (χ4v) is 4.18. The van der Waals surface area contributed by atoms with Crippen molar-refractivity contribution in [3.05, 3.63) is 39.8 Å². The summed E-state index contributed by atoms with van der Waals surface area (Å²) >= 11 is 1.74. The highest BCUT2D eigenvalue weighted by molar-refractivity contribution is 7.07. The number of aliphatic carboxylic acids is 1. The van der Waals surface area contributed by atoms with Crippen molar-refractivity contribution in [2.75, 3.05) is 26.4 Å². The van der Waals surface area contributed by atoms with E-state index in [4.69, 9.17) is 24.5 Å². The topological polar surface area (TPSA) is 85.6 Å². The molecule has 0 amide bonds. The van der Waals surface area contributed by atoms with Crippen LogP contribution in [0.2, 0.25) is 0 Å². The van der Waals surface area contributed by atoms with Crippen LogP contribution in [0.25, 0.3) is 0 Å². The fraction of sp³-hybridized carbons (Fsp3) is 0.600. The number of aromatic nitrogens is 2. The third-order valence-corrected chi connectivity index (χ3v) is 5.87. The van der Waals surface area contributed by atoms with Crippen molar-refractivity contribution < 1.29 is 32.5 Å². The Hall–Kier alpha value is -1.95. The second kappa shape index (κ2) is 11.1. The molecule has 1 atom stereocenters. The van der Waals surface area contributed by atoms with Gasteiger partial charge in [-0.3, -0.25) is 4.68 Å². The summed E-state index contributed by atoms with van der Waals surface area (Å²) in [6, 6.07) is 2.16. The van der Waals surface area contributed by atoms with Crippen LogP contribution in [-0.4, -0.2) is 53.4 Å². The standard InChI is InChI=1S/C18H25N3O2S.C2HF3O2/c1-5-22-6-2-14(1)11-21-12-16-3-7-23-17(18(16)20-21)10-19-9-15-4-8-24-13-15;3-2(4,5)1(6)7/h4,8,12-14,17,19H,1-3,5-7,9-11H2;(H,6,7). The van der Waals surface area contributed by atoms with Gasteiger partial charge in [0.05, 0.1) is 12.3 Å². The number of ether oxygens (including phenoxy) is 2. The van der Waals surface area contributed by atoms with Gasteiger partial charge >= 0.3 is 12.1 Å². The summed E-state index contributed by atoms with van der Waals surface area (Å²) in [4.78, 5) is 8.90. The van der Waals surface area contributed by atoms with Gasteiger partial charge < -0.3 is 19.9 Å². The molecule has 0 aromatic carbocycles.